The molecule has 0 aromatic heterocycles. The first kappa shape index (κ1) is 13.1. The van der Waals surface area contributed by atoms with Crippen LogP contribution in [0.4, 0.5) is 4.39 Å². The zero-order valence-electron chi connectivity index (χ0n) is 10.1. The van der Waals surface area contributed by atoms with E-state index in [1.165, 1.54) is 6.07 Å². The fraction of sp³-hybridized carbons (Fsp3) is 0.538. The van der Waals surface area contributed by atoms with Crippen LogP contribution in [-0.4, -0.2) is 17.7 Å². The maximum atomic E-state index is 13.7. The third kappa shape index (κ3) is 2.42. The molecule has 1 aromatic rings. The molecule has 0 aliphatic heterocycles. The Labute approximate surface area is 96.5 Å². The van der Waals surface area contributed by atoms with E-state index < -0.39 is 5.60 Å². The maximum Gasteiger partial charge on any atom is 0.129 e. The first-order chi connectivity index (χ1) is 7.56. The molecule has 0 amide bonds. The number of nitrogens with one attached hydrogen (secondary N) is 1. The van der Waals surface area contributed by atoms with Gasteiger partial charge in [-0.15, -0.1) is 0 Å². The van der Waals surface area contributed by atoms with Gasteiger partial charge in [-0.2, -0.15) is 0 Å². The van der Waals surface area contributed by atoms with Crippen LogP contribution in [-0.2, 0) is 5.60 Å². The minimum absolute atomic E-state index is 0.181. The van der Waals surface area contributed by atoms with Gasteiger partial charge in [0, 0.05) is 11.6 Å². The number of hydrogen-bond acceptors (Lipinski definition) is 2. The Morgan fingerprint density at radius 1 is 1.38 bits per heavy atom. The van der Waals surface area contributed by atoms with E-state index in [0.29, 0.717) is 12.0 Å². The number of halogens is 1. The van der Waals surface area contributed by atoms with E-state index in [1.807, 2.05) is 20.8 Å². The molecule has 90 valence electrons. The van der Waals surface area contributed by atoms with E-state index in [2.05, 4.69) is 5.32 Å². The zero-order chi connectivity index (χ0) is 12.2. The van der Waals surface area contributed by atoms with Crippen molar-refractivity contribution in [3.8, 4) is 0 Å². The summed E-state index contributed by atoms with van der Waals surface area (Å²) < 4.78 is 13.7. The van der Waals surface area contributed by atoms with E-state index in [9.17, 15) is 9.50 Å². The Morgan fingerprint density at radius 3 is 2.50 bits per heavy atom. The van der Waals surface area contributed by atoms with Crippen LogP contribution >= 0.6 is 0 Å². The van der Waals surface area contributed by atoms with E-state index >= 15 is 0 Å². The summed E-state index contributed by atoms with van der Waals surface area (Å²) in [6.45, 7) is 6.45. The maximum absolute atomic E-state index is 13.7. The third-order valence-electron chi connectivity index (χ3n) is 3.11. The summed E-state index contributed by atoms with van der Waals surface area (Å²) in [6, 6.07) is 6.23. The molecule has 16 heavy (non-hydrogen) atoms. The summed E-state index contributed by atoms with van der Waals surface area (Å²) in [5, 5.41) is 13.7. The normalized spacial score (nSPS) is 16.8. The number of hydrogen-bond donors (Lipinski definition) is 2. The van der Waals surface area contributed by atoms with Crippen molar-refractivity contribution < 1.29 is 9.50 Å². The fourth-order valence-electron chi connectivity index (χ4n) is 2.02. The SMILES string of the molecule is CCNC(C)C(O)(CC)c1ccccc1F. The van der Waals surface area contributed by atoms with E-state index in [-0.39, 0.29) is 11.9 Å². The summed E-state index contributed by atoms with van der Waals surface area (Å²) >= 11 is 0. The molecule has 1 rings (SSSR count). The van der Waals surface area contributed by atoms with E-state index in [4.69, 9.17) is 0 Å². The van der Waals surface area contributed by atoms with Crippen molar-refractivity contribution >= 4 is 0 Å². The summed E-state index contributed by atoms with van der Waals surface area (Å²) in [4.78, 5) is 0. The summed E-state index contributed by atoms with van der Waals surface area (Å²) in [5.74, 6) is -0.350. The summed E-state index contributed by atoms with van der Waals surface area (Å²) in [5.41, 5.74) is -0.785. The van der Waals surface area contributed by atoms with Crippen LogP contribution in [0, 0.1) is 5.82 Å². The predicted octanol–water partition coefficient (Wildman–Crippen LogP) is 2.42. The predicted molar refractivity (Wildman–Crippen MR) is 63.7 cm³/mol. The van der Waals surface area contributed by atoms with Gasteiger partial charge < -0.3 is 10.4 Å². The average Bonchev–Trinajstić information content (AvgIpc) is 2.29. The third-order valence-corrected chi connectivity index (χ3v) is 3.11. The standard InChI is InChI=1S/C13H20FNO/c1-4-13(16,10(3)15-5-2)11-8-6-7-9-12(11)14/h6-10,15-16H,4-5H2,1-3H3. The van der Waals surface area contributed by atoms with Gasteiger partial charge in [-0.05, 0) is 26.0 Å². The molecule has 0 heterocycles. The largest absolute Gasteiger partial charge is 0.383 e. The molecule has 0 aliphatic rings. The van der Waals surface area contributed by atoms with Gasteiger partial charge in [0.25, 0.3) is 0 Å². The number of likely N-dealkylation sites (N-methyl/N-ethyl adjacent to an activating group) is 1. The lowest BCUT2D eigenvalue weighted by atomic mass is 9.84. The highest BCUT2D eigenvalue weighted by Gasteiger charge is 2.35. The van der Waals surface area contributed by atoms with Gasteiger partial charge >= 0.3 is 0 Å². The lowest BCUT2D eigenvalue weighted by Crippen LogP contribution is -2.46. The highest BCUT2D eigenvalue weighted by atomic mass is 19.1. The first-order valence-electron chi connectivity index (χ1n) is 5.77. The Bertz CT molecular complexity index is 342. The van der Waals surface area contributed by atoms with Crippen LogP contribution in [0.3, 0.4) is 0 Å². The molecule has 2 unspecified atom stereocenters. The van der Waals surface area contributed by atoms with Gasteiger partial charge in [0.1, 0.15) is 11.4 Å². The van der Waals surface area contributed by atoms with Crippen LogP contribution in [0.25, 0.3) is 0 Å². The van der Waals surface area contributed by atoms with Gasteiger partial charge in [-0.3, -0.25) is 0 Å². The van der Waals surface area contributed by atoms with Gasteiger partial charge in [-0.25, -0.2) is 4.39 Å². The summed E-state index contributed by atoms with van der Waals surface area (Å²) in [6.07, 6.45) is 0.474. The van der Waals surface area contributed by atoms with Crippen molar-refractivity contribution in [1.82, 2.24) is 5.32 Å². The van der Waals surface area contributed by atoms with Crippen LogP contribution in [0.2, 0.25) is 0 Å². The van der Waals surface area contributed by atoms with Crippen LogP contribution < -0.4 is 5.32 Å². The molecule has 0 aliphatic carbocycles. The molecule has 0 radical (unpaired) electrons. The van der Waals surface area contributed by atoms with Gasteiger partial charge in [-0.1, -0.05) is 32.0 Å². The lowest BCUT2D eigenvalue weighted by Gasteiger charge is -2.34. The first-order valence-corrected chi connectivity index (χ1v) is 5.77. The monoisotopic (exact) mass is 225 g/mol. The summed E-state index contributed by atoms with van der Waals surface area (Å²) in [7, 11) is 0. The van der Waals surface area contributed by atoms with Gasteiger partial charge in [0.05, 0.1) is 0 Å². The highest BCUT2D eigenvalue weighted by molar-refractivity contribution is 5.26. The Morgan fingerprint density at radius 2 is 2.00 bits per heavy atom. The lowest BCUT2D eigenvalue weighted by molar-refractivity contribution is -0.00393. The molecular weight excluding hydrogens is 205 g/mol. The zero-order valence-corrected chi connectivity index (χ0v) is 10.1. The van der Waals surface area contributed by atoms with Gasteiger partial charge in [0.2, 0.25) is 0 Å². The second kappa shape index (κ2) is 5.41. The van der Waals surface area contributed by atoms with Gasteiger partial charge in [0.15, 0.2) is 0 Å². The quantitative estimate of drug-likeness (QED) is 0.806. The van der Waals surface area contributed by atoms with Crippen LogP contribution in [0.5, 0.6) is 0 Å². The molecule has 2 nitrogen and oxygen atoms in total. The van der Waals surface area contributed by atoms with Crippen molar-refractivity contribution in [2.75, 3.05) is 6.54 Å². The second-order valence-corrected chi connectivity index (χ2v) is 4.04. The molecule has 0 bridgehead atoms. The Balaban J connectivity index is 3.09. The second-order valence-electron chi connectivity index (χ2n) is 4.04. The fourth-order valence-corrected chi connectivity index (χ4v) is 2.02. The van der Waals surface area contributed by atoms with Crippen LogP contribution in [0.15, 0.2) is 24.3 Å². The molecule has 0 fully saturated rings. The van der Waals surface area contributed by atoms with E-state index in [1.54, 1.807) is 18.2 Å². The van der Waals surface area contributed by atoms with Crippen molar-refractivity contribution in [1.29, 1.82) is 0 Å². The molecule has 1 aromatic carbocycles. The van der Waals surface area contributed by atoms with Crippen LogP contribution in [0.1, 0.15) is 32.8 Å². The molecular formula is C13H20FNO. The van der Waals surface area contributed by atoms with Crippen molar-refractivity contribution in [3.05, 3.63) is 35.6 Å². The van der Waals surface area contributed by atoms with Crippen molar-refractivity contribution in [3.63, 3.8) is 0 Å². The molecule has 2 atom stereocenters. The Hall–Kier alpha value is -0.930. The van der Waals surface area contributed by atoms with E-state index in [0.717, 1.165) is 6.54 Å². The van der Waals surface area contributed by atoms with Crippen molar-refractivity contribution in [2.45, 2.75) is 38.8 Å². The minimum Gasteiger partial charge on any atom is -0.383 e. The van der Waals surface area contributed by atoms with Crippen molar-refractivity contribution in [2.24, 2.45) is 0 Å². The number of rotatable bonds is 5. The minimum atomic E-state index is -1.15. The average molecular weight is 225 g/mol. The number of benzene rings is 1. The molecule has 0 saturated heterocycles. The Kier molecular flexibility index (Phi) is 4.44. The smallest absolute Gasteiger partial charge is 0.129 e. The molecule has 0 saturated carbocycles. The molecule has 0 spiro atoms. The topological polar surface area (TPSA) is 32.3 Å². The molecule has 3 heteroatoms. The molecule has 2 N–H and O–H groups in total. The highest BCUT2D eigenvalue weighted by Crippen LogP contribution is 2.30. The number of aliphatic hydroxyl groups is 1.